The lowest BCUT2D eigenvalue weighted by molar-refractivity contribution is 0.286. The zero-order valence-corrected chi connectivity index (χ0v) is 18.1. The zero-order valence-electron chi connectivity index (χ0n) is 15.7. The first kappa shape index (κ1) is 21.1. The van der Waals surface area contributed by atoms with E-state index in [1.807, 2.05) is 0 Å². The van der Waals surface area contributed by atoms with E-state index in [0.29, 0.717) is 0 Å². The molecule has 1 fully saturated rings. The van der Waals surface area contributed by atoms with Gasteiger partial charge in [-0.25, -0.2) is 13.4 Å². The number of anilines is 1. The molecular formula is C17H23ClN4O4S2. The van der Waals surface area contributed by atoms with Crippen LogP contribution in [0.3, 0.4) is 0 Å². The molecule has 8 nitrogen and oxygen atoms in total. The van der Waals surface area contributed by atoms with Crippen LogP contribution in [0.15, 0.2) is 40.5 Å². The number of aryl methyl sites for hydroxylation is 1. The summed E-state index contributed by atoms with van der Waals surface area (Å²) in [5.41, 5.74) is 0.223. The summed E-state index contributed by atoms with van der Waals surface area (Å²) in [7, 11) is -4.43. The third-order valence-corrected chi connectivity index (χ3v) is 8.76. The molecule has 0 unspecified atom stereocenters. The Morgan fingerprint density at radius 1 is 1.11 bits per heavy atom. The molecule has 0 amide bonds. The number of nitrogens with one attached hydrogen (secondary N) is 1. The van der Waals surface area contributed by atoms with Crippen molar-refractivity contribution in [3.63, 3.8) is 0 Å². The van der Waals surface area contributed by atoms with E-state index in [0.717, 1.165) is 32.1 Å². The molecule has 0 aliphatic heterocycles. The topological polar surface area (TPSA) is 101 Å². The van der Waals surface area contributed by atoms with E-state index in [-0.39, 0.29) is 26.8 Å². The number of nitrogens with zero attached hydrogens (tertiary/aromatic N) is 3. The first-order chi connectivity index (χ1) is 13.1. The molecule has 154 valence electrons. The highest BCUT2D eigenvalue weighted by Gasteiger charge is 2.29. The SMILES string of the molecule is CN(C1CCCCC1)S(=O)(=O)c1ccc(NS(=O)(=O)c2ncn(C)c2Cl)cc1. The lowest BCUT2D eigenvalue weighted by Crippen LogP contribution is -2.38. The van der Waals surface area contributed by atoms with Crippen molar-refractivity contribution in [2.75, 3.05) is 11.8 Å². The normalized spacial score (nSPS) is 16.4. The molecule has 0 radical (unpaired) electrons. The predicted molar refractivity (Wildman–Crippen MR) is 107 cm³/mol. The Morgan fingerprint density at radius 2 is 1.71 bits per heavy atom. The van der Waals surface area contributed by atoms with Gasteiger partial charge in [0.1, 0.15) is 5.15 Å². The van der Waals surface area contributed by atoms with Gasteiger partial charge in [0.2, 0.25) is 15.0 Å². The number of halogens is 1. The van der Waals surface area contributed by atoms with Crippen molar-refractivity contribution < 1.29 is 16.8 Å². The Bertz CT molecular complexity index is 1040. The highest BCUT2D eigenvalue weighted by Crippen LogP contribution is 2.27. The highest BCUT2D eigenvalue weighted by atomic mass is 35.5. The molecule has 0 bridgehead atoms. The van der Waals surface area contributed by atoms with Gasteiger partial charge in [-0.15, -0.1) is 0 Å². The molecule has 1 N–H and O–H groups in total. The molecule has 2 aromatic rings. The number of rotatable bonds is 6. The lowest BCUT2D eigenvalue weighted by atomic mass is 9.96. The van der Waals surface area contributed by atoms with Gasteiger partial charge in [0, 0.05) is 25.8 Å². The molecule has 0 spiro atoms. The zero-order chi connectivity index (χ0) is 20.5. The van der Waals surface area contributed by atoms with E-state index in [1.165, 1.54) is 39.5 Å². The smallest absolute Gasteiger partial charge is 0.282 e. The number of sulfonamides is 2. The van der Waals surface area contributed by atoms with Crippen LogP contribution in [0.1, 0.15) is 32.1 Å². The van der Waals surface area contributed by atoms with Crippen molar-refractivity contribution >= 4 is 37.3 Å². The summed E-state index contributed by atoms with van der Waals surface area (Å²) in [6.45, 7) is 0. The van der Waals surface area contributed by atoms with Gasteiger partial charge in [0.25, 0.3) is 10.0 Å². The second kappa shape index (κ2) is 8.02. The van der Waals surface area contributed by atoms with Crippen LogP contribution in [0.2, 0.25) is 5.15 Å². The van der Waals surface area contributed by atoms with Gasteiger partial charge in [-0.3, -0.25) is 4.72 Å². The van der Waals surface area contributed by atoms with Gasteiger partial charge in [-0.1, -0.05) is 30.9 Å². The van der Waals surface area contributed by atoms with Crippen molar-refractivity contribution in [1.82, 2.24) is 13.9 Å². The summed E-state index contributed by atoms with van der Waals surface area (Å²) in [5, 5.41) is -0.300. The van der Waals surface area contributed by atoms with E-state index >= 15 is 0 Å². The first-order valence-corrected chi connectivity index (χ1v) is 12.2. The minimum absolute atomic E-state index is 0.00299. The van der Waals surface area contributed by atoms with Crippen molar-refractivity contribution in [2.24, 2.45) is 7.05 Å². The van der Waals surface area contributed by atoms with Crippen LogP contribution in [0.25, 0.3) is 0 Å². The summed E-state index contributed by atoms with van der Waals surface area (Å²) >= 11 is 5.95. The van der Waals surface area contributed by atoms with Gasteiger partial charge in [-0.2, -0.15) is 12.7 Å². The molecule has 1 aliphatic carbocycles. The van der Waals surface area contributed by atoms with Crippen LogP contribution < -0.4 is 4.72 Å². The number of hydrogen-bond acceptors (Lipinski definition) is 5. The second-order valence-corrected chi connectivity index (χ2v) is 10.8. The largest absolute Gasteiger partial charge is 0.324 e. The Balaban J connectivity index is 1.78. The highest BCUT2D eigenvalue weighted by molar-refractivity contribution is 7.92. The maximum atomic E-state index is 12.9. The van der Waals surface area contributed by atoms with Crippen LogP contribution >= 0.6 is 11.6 Å². The van der Waals surface area contributed by atoms with E-state index in [1.54, 1.807) is 14.1 Å². The van der Waals surface area contributed by atoms with E-state index in [2.05, 4.69) is 9.71 Å². The Morgan fingerprint density at radius 3 is 2.25 bits per heavy atom. The number of imidazole rings is 1. The van der Waals surface area contributed by atoms with Crippen LogP contribution in [0, 0.1) is 0 Å². The molecule has 11 heteroatoms. The Labute approximate surface area is 170 Å². The molecule has 1 aromatic heterocycles. The number of hydrogen-bond donors (Lipinski definition) is 1. The van der Waals surface area contributed by atoms with Crippen LogP contribution in [-0.2, 0) is 27.1 Å². The molecular weight excluding hydrogens is 424 g/mol. The lowest BCUT2D eigenvalue weighted by Gasteiger charge is -2.30. The molecule has 28 heavy (non-hydrogen) atoms. The third-order valence-electron chi connectivity index (χ3n) is 4.96. The average Bonchev–Trinajstić information content (AvgIpc) is 3.01. The molecule has 0 atom stereocenters. The van der Waals surface area contributed by atoms with Crippen molar-refractivity contribution in [1.29, 1.82) is 0 Å². The Kier molecular flexibility index (Phi) is 6.04. The Hall–Kier alpha value is -1.62. The maximum absolute atomic E-state index is 12.9. The van der Waals surface area contributed by atoms with Gasteiger partial charge in [-0.05, 0) is 37.1 Å². The van der Waals surface area contributed by atoms with Crippen molar-refractivity contribution in [2.45, 2.75) is 48.1 Å². The molecule has 0 saturated heterocycles. The fourth-order valence-electron chi connectivity index (χ4n) is 3.28. The molecule has 1 heterocycles. The van der Waals surface area contributed by atoms with Crippen molar-refractivity contribution in [3.05, 3.63) is 35.7 Å². The van der Waals surface area contributed by atoms with Gasteiger partial charge < -0.3 is 4.57 Å². The first-order valence-electron chi connectivity index (χ1n) is 8.90. The van der Waals surface area contributed by atoms with E-state index < -0.39 is 20.0 Å². The molecule has 3 rings (SSSR count). The third kappa shape index (κ3) is 4.19. The summed E-state index contributed by atoms with van der Waals surface area (Å²) in [5.74, 6) is 0. The monoisotopic (exact) mass is 446 g/mol. The summed E-state index contributed by atoms with van der Waals surface area (Å²) in [6.07, 6.45) is 6.22. The van der Waals surface area contributed by atoms with E-state index in [4.69, 9.17) is 11.6 Å². The maximum Gasteiger partial charge on any atom is 0.282 e. The quantitative estimate of drug-likeness (QED) is 0.735. The van der Waals surface area contributed by atoms with Crippen LogP contribution in [0.4, 0.5) is 5.69 Å². The van der Waals surface area contributed by atoms with Gasteiger partial charge in [0.15, 0.2) is 0 Å². The minimum Gasteiger partial charge on any atom is -0.324 e. The average molecular weight is 447 g/mol. The summed E-state index contributed by atoms with van der Waals surface area (Å²) in [6, 6.07) is 5.62. The fraction of sp³-hybridized carbons (Fsp3) is 0.471. The molecule has 1 saturated carbocycles. The standard InChI is InChI=1S/C17H23ClN4O4S2/c1-21-12-19-17(16(21)18)27(23,24)20-13-8-10-15(11-9-13)28(25,26)22(2)14-6-4-3-5-7-14/h8-12,14,20H,3-7H2,1-2H3. The minimum atomic E-state index is -3.98. The van der Waals surface area contributed by atoms with Gasteiger partial charge in [0.05, 0.1) is 11.2 Å². The van der Waals surface area contributed by atoms with Gasteiger partial charge >= 0.3 is 0 Å². The number of aromatic nitrogens is 2. The van der Waals surface area contributed by atoms with Crippen LogP contribution in [0.5, 0.6) is 0 Å². The summed E-state index contributed by atoms with van der Waals surface area (Å²) < 4.78 is 55.8. The van der Waals surface area contributed by atoms with E-state index in [9.17, 15) is 16.8 Å². The number of benzene rings is 1. The summed E-state index contributed by atoms with van der Waals surface area (Å²) in [4.78, 5) is 3.92. The van der Waals surface area contributed by atoms with Crippen LogP contribution in [-0.4, -0.2) is 43.8 Å². The van der Waals surface area contributed by atoms with Crippen molar-refractivity contribution in [3.8, 4) is 0 Å². The molecule has 1 aliphatic rings. The fourth-order valence-corrected chi connectivity index (χ4v) is 6.19. The second-order valence-electron chi connectivity index (χ2n) is 6.89. The predicted octanol–water partition coefficient (Wildman–Crippen LogP) is 2.83. The molecule has 1 aromatic carbocycles.